The van der Waals surface area contributed by atoms with E-state index in [0.717, 1.165) is 0 Å². The first-order valence-corrected chi connectivity index (χ1v) is 6.25. The Labute approximate surface area is 120 Å². The molecular weight excluding hydrogens is 288 g/mol. The van der Waals surface area contributed by atoms with Crippen molar-refractivity contribution < 1.29 is 9.18 Å². The molecule has 2 rings (SSSR count). The summed E-state index contributed by atoms with van der Waals surface area (Å²) in [6.07, 6.45) is 0. The molecule has 2 nitrogen and oxygen atoms in total. The van der Waals surface area contributed by atoms with Crippen LogP contribution in [0.15, 0.2) is 36.4 Å². The first-order chi connectivity index (χ1) is 8.97. The van der Waals surface area contributed by atoms with E-state index in [1.165, 1.54) is 12.1 Å². The Balaban J connectivity index is 2.20. The SMILES string of the molecule is Cc1ccc(C(=O)Nc2ccc(Cl)c(Cl)c2)cc1F. The fraction of sp³-hybridized carbons (Fsp3) is 0.0714. The quantitative estimate of drug-likeness (QED) is 0.856. The summed E-state index contributed by atoms with van der Waals surface area (Å²) < 4.78 is 13.4. The third-order valence-electron chi connectivity index (χ3n) is 2.61. The molecule has 0 aliphatic carbocycles. The van der Waals surface area contributed by atoms with E-state index < -0.39 is 11.7 Å². The minimum absolute atomic E-state index is 0.245. The molecule has 0 atom stereocenters. The summed E-state index contributed by atoms with van der Waals surface area (Å²) in [5.74, 6) is -0.820. The predicted octanol–water partition coefficient (Wildman–Crippen LogP) is 4.69. The van der Waals surface area contributed by atoms with Crippen LogP contribution in [0.1, 0.15) is 15.9 Å². The van der Waals surface area contributed by atoms with E-state index in [1.807, 2.05) is 0 Å². The van der Waals surface area contributed by atoms with E-state index in [1.54, 1.807) is 31.2 Å². The summed E-state index contributed by atoms with van der Waals surface area (Å²) in [5, 5.41) is 3.37. The molecule has 0 saturated heterocycles. The number of nitrogens with one attached hydrogen (secondary N) is 1. The third kappa shape index (κ3) is 3.25. The summed E-state index contributed by atoms with van der Waals surface area (Å²) in [6, 6.07) is 9.05. The first kappa shape index (κ1) is 13.8. The fourth-order valence-corrected chi connectivity index (χ4v) is 1.81. The number of rotatable bonds is 2. The van der Waals surface area contributed by atoms with Crippen LogP contribution in [-0.2, 0) is 0 Å². The molecule has 0 heterocycles. The highest BCUT2D eigenvalue weighted by molar-refractivity contribution is 6.42. The number of carbonyl (C=O) groups is 1. The smallest absolute Gasteiger partial charge is 0.255 e. The van der Waals surface area contributed by atoms with Gasteiger partial charge in [0.05, 0.1) is 10.0 Å². The molecule has 2 aromatic carbocycles. The van der Waals surface area contributed by atoms with Crippen LogP contribution in [0.4, 0.5) is 10.1 Å². The molecule has 2 aromatic rings. The zero-order valence-corrected chi connectivity index (χ0v) is 11.5. The average Bonchev–Trinajstić information content (AvgIpc) is 2.37. The van der Waals surface area contributed by atoms with E-state index in [-0.39, 0.29) is 5.56 Å². The van der Waals surface area contributed by atoms with Crippen LogP contribution in [-0.4, -0.2) is 5.91 Å². The molecule has 0 aliphatic heterocycles. The number of carbonyl (C=O) groups excluding carboxylic acids is 1. The summed E-state index contributed by atoms with van der Waals surface area (Å²) in [6.45, 7) is 1.63. The van der Waals surface area contributed by atoms with E-state index in [0.29, 0.717) is 21.3 Å². The van der Waals surface area contributed by atoms with Crippen molar-refractivity contribution in [2.45, 2.75) is 6.92 Å². The second-order valence-electron chi connectivity index (χ2n) is 4.05. The monoisotopic (exact) mass is 297 g/mol. The molecule has 0 spiro atoms. The maximum Gasteiger partial charge on any atom is 0.255 e. The number of hydrogen-bond donors (Lipinski definition) is 1. The predicted molar refractivity (Wildman–Crippen MR) is 75.6 cm³/mol. The number of halogens is 3. The van der Waals surface area contributed by atoms with E-state index >= 15 is 0 Å². The van der Waals surface area contributed by atoms with Gasteiger partial charge in [-0.2, -0.15) is 0 Å². The lowest BCUT2D eigenvalue weighted by atomic mass is 10.1. The molecule has 0 saturated carbocycles. The molecule has 0 aliphatic rings. The average molecular weight is 298 g/mol. The molecular formula is C14H10Cl2FNO. The van der Waals surface area contributed by atoms with Gasteiger partial charge in [0, 0.05) is 11.3 Å². The van der Waals surface area contributed by atoms with Crippen molar-refractivity contribution in [3.8, 4) is 0 Å². The van der Waals surface area contributed by atoms with Gasteiger partial charge in [0.15, 0.2) is 0 Å². The van der Waals surface area contributed by atoms with Crippen molar-refractivity contribution in [1.82, 2.24) is 0 Å². The number of benzene rings is 2. The Hall–Kier alpha value is -1.58. The molecule has 5 heteroatoms. The van der Waals surface area contributed by atoms with Crippen molar-refractivity contribution >= 4 is 34.8 Å². The van der Waals surface area contributed by atoms with Crippen molar-refractivity contribution in [2.75, 3.05) is 5.32 Å². The molecule has 0 fully saturated rings. The van der Waals surface area contributed by atoms with Crippen LogP contribution < -0.4 is 5.32 Å². The van der Waals surface area contributed by atoms with E-state index in [2.05, 4.69) is 5.32 Å². The summed E-state index contributed by atoms with van der Waals surface area (Å²) in [5.41, 5.74) is 1.24. The highest BCUT2D eigenvalue weighted by atomic mass is 35.5. The third-order valence-corrected chi connectivity index (χ3v) is 3.35. The van der Waals surface area contributed by atoms with Crippen LogP contribution >= 0.6 is 23.2 Å². The Morgan fingerprint density at radius 2 is 1.84 bits per heavy atom. The Morgan fingerprint density at radius 3 is 2.47 bits per heavy atom. The highest BCUT2D eigenvalue weighted by Gasteiger charge is 2.09. The highest BCUT2D eigenvalue weighted by Crippen LogP contribution is 2.25. The minimum atomic E-state index is -0.415. The summed E-state index contributed by atoms with van der Waals surface area (Å²) in [4.78, 5) is 11.9. The van der Waals surface area contributed by atoms with Gasteiger partial charge in [0.25, 0.3) is 5.91 Å². The Morgan fingerprint density at radius 1 is 1.11 bits per heavy atom. The van der Waals surface area contributed by atoms with Crippen LogP contribution in [0.25, 0.3) is 0 Å². The second kappa shape index (κ2) is 5.59. The van der Waals surface area contributed by atoms with Gasteiger partial charge in [-0.05, 0) is 42.8 Å². The molecule has 98 valence electrons. The zero-order chi connectivity index (χ0) is 14.0. The lowest BCUT2D eigenvalue weighted by Crippen LogP contribution is -2.12. The van der Waals surface area contributed by atoms with E-state index in [9.17, 15) is 9.18 Å². The Kier molecular flexibility index (Phi) is 4.08. The normalized spacial score (nSPS) is 10.3. The Bertz CT molecular complexity index is 643. The number of aryl methyl sites for hydroxylation is 1. The van der Waals surface area contributed by atoms with E-state index in [4.69, 9.17) is 23.2 Å². The summed E-state index contributed by atoms with van der Waals surface area (Å²) in [7, 11) is 0. The largest absolute Gasteiger partial charge is 0.322 e. The van der Waals surface area contributed by atoms with Crippen LogP contribution in [0, 0.1) is 12.7 Å². The van der Waals surface area contributed by atoms with Crippen molar-refractivity contribution in [3.05, 3.63) is 63.4 Å². The number of amides is 1. The van der Waals surface area contributed by atoms with Gasteiger partial charge in [0.1, 0.15) is 5.82 Å². The van der Waals surface area contributed by atoms with Gasteiger partial charge in [-0.3, -0.25) is 4.79 Å². The van der Waals surface area contributed by atoms with Crippen molar-refractivity contribution in [3.63, 3.8) is 0 Å². The molecule has 0 bridgehead atoms. The lowest BCUT2D eigenvalue weighted by molar-refractivity contribution is 0.102. The molecule has 0 radical (unpaired) electrons. The standard InChI is InChI=1S/C14H10Cl2FNO/c1-8-2-3-9(6-13(8)17)14(19)18-10-4-5-11(15)12(16)7-10/h2-7H,1H3,(H,18,19). The lowest BCUT2D eigenvalue weighted by Gasteiger charge is -2.07. The van der Waals surface area contributed by atoms with Gasteiger partial charge in [0.2, 0.25) is 0 Å². The minimum Gasteiger partial charge on any atom is -0.322 e. The maximum absolute atomic E-state index is 13.4. The zero-order valence-electron chi connectivity index (χ0n) is 10.0. The van der Waals surface area contributed by atoms with Gasteiger partial charge in [-0.15, -0.1) is 0 Å². The maximum atomic E-state index is 13.4. The number of hydrogen-bond acceptors (Lipinski definition) is 1. The van der Waals surface area contributed by atoms with Crippen LogP contribution in [0.2, 0.25) is 10.0 Å². The fourth-order valence-electron chi connectivity index (χ4n) is 1.51. The molecule has 19 heavy (non-hydrogen) atoms. The molecule has 1 N–H and O–H groups in total. The van der Waals surface area contributed by atoms with Gasteiger partial charge in [-0.1, -0.05) is 29.3 Å². The number of anilines is 1. The van der Waals surface area contributed by atoms with Gasteiger partial charge >= 0.3 is 0 Å². The molecule has 1 amide bonds. The first-order valence-electron chi connectivity index (χ1n) is 5.50. The molecule has 0 unspecified atom stereocenters. The topological polar surface area (TPSA) is 29.1 Å². The molecule has 0 aromatic heterocycles. The van der Waals surface area contributed by atoms with Crippen molar-refractivity contribution in [2.24, 2.45) is 0 Å². The van der Waals surface area contributed by atoms with Crippen LogP contribution in [0.5, 0.6) is 0 Å². The van der Waals surface area contributed by atoms with Crippen LogP contribution in [0.3, 0.4) is 0 Å². The van der Waals surface area contributed by atoms with Crippen molar-refractivity contribution in [1.29, 1.82) is 0 Å². The summed E-state index contributed by atoms with van der Waals surface area (Å²) >= 11 is 11.6. The second-order valence-corrected chi connectivity index (χ2v) is 4.86. The van der Waals surface area contributed by atoms with Gasteiger partial charge in [-0.25, -0.2) is 4.39 Å². The van der Waals surface area contributed by atoms with Gasteiger partial charge < -0.3 is 5.32 Å².